The van der Waals surface area contributed by atoms with E-state index < -0.39 is 51.4 Å². The van der Waals surface area contributed by atoms with Gasteiger partial charge in [-0.3, -0.25) is 0 Å². The van der Waals surface area contributed by atoms with Crippen LogP contribution in [0.5, 0.6) is 5.75 Å². The molecular formula is C8H8F5N3O3S. The van der Waals surface area contributed by atoms with E-state index in [2.05, 4.69) is 14.9 Å². The minimum Gasteiger partial charge on any atom is -0.402 e. The monoisotopic (exact) mass is 321 g/mol. The van der Waals surface area contributed by atoms with E-state index in [0.29, 0.717) is 0 Å². The molecule has 0 aliphatic rings. The van der Waals surface area contributed by atoms with Gasteiger partial charge in [0.05, 0.1) is 5.69 Å². The van der Waals surface area contributed by atoms with Crippen LogP contribution in [-0.2, 0) is 16.6 Å². The summed E-state index contributed by atoms with van der Waals surface area (Å²) in [7, 11) is -4.75. The zero-order valence-electron chi connectivity index (χ0n) is 9.49. The Morgan fingerprint density at radius 3 is 2.25 bits per heavy atom. The molecule has 1 aromatic heterocycles. The van der Waals surface area contributed by atoms with Crippen molar-refractivity contribution in [3.05, 3.63) is 17.5 Å². The fraction of sp³-hybridized carbons (Fsp3) is 0.375. The molecule has 0 fully saturated rings. The number of halogens is 5. The molecular weight excluding hydrogens is 313 g/mol. The number of alkyl halides is 5. The van der Waals surface area contributed by atoms with Crippen LogP contribution in [0.2, 0.25) is 0 Å². The number of ether oxygens (including phenoxy) is 1. The van der Waals surface area contributed by atoms with Crippen LogP contribution in [0, 0.1) is 0 Å². The maximum atomic E-state index is 12.5. The third-order valence-corrected chi connectivity index (χ3v) is 2.89. The minimum absolute atomic E-state index is 0.209. The second-order valence-corrected chi connectivity index (χ2v) is 4.95. The molecule has 0 aliphatic carbocycles. The number of sulfonamides is 1. The van der Waals surface area contributed by atoms with Crippen LogP contribution in [0.4, 0.5) is 22.0 Å². The Kier molecular flexibility index (Phi) is 4.51. The molecule has 114 valence electrons. The van der Waals surface area contributed by atoms with Gasteiger partial charge in [-0.1, -0.05) is 0 Å². The number of primary sulfonamides is 1. The highest BCUT2D eigenvalue weighted by atomic mass is 32.2. The predicted octanol–water partition coefficient (Wildman–Crippen LogP) is 1.02. The molecule has 0 radical (unpaired) electrons. The maximum absolute atomic E-state index is 12.5. The fourth-order valence-electron chi connectivity index (χ4n) is 1.27. The van der Waals surface area contributed by atoms with Crippen molar-refractivity contribution < 1.29 is 35.1 Å². The number of nitrogens with two attached hydrogens (primary N) is 2. The van der Waals surface area contributed by atoms with E-state index in [4.69, 9.17) is 5.73 Å². The maximum Gasteiger partial charge on any atom is 0.573 e. The molecule has 0 spiro atoms. The van der Waals surface area contributed by atoms with Crippen molar-refractivity contribution in [2.75, 3.05) is 0 Å². The van der Waals surface area contributed by atoms with Gasteiger partial charge in [0.1, 0.15) is 10.6 Å². The van der Waals surface area contributed by atoms with Crippen LogP contribution in [0.25, 0.3) is 0 Å². The zero-order chi connectivity index (χ0) is 15.7. The standard InChI is InChI=1S/C8H8F5N3O3S/c9-7(10)3-1-5(20(15,17)18)6(4(2-14)16-3)19-8(11,12)13/h1,7H,2,14H2,(H2,15,17,18). The second kappa shape index (κ2) is 5.46. The van der Waals surface area contributed by atoms with E-state index in [9.17, 15) is 30.4 Å². The Bertz CT molecular complexity index is 602. The highest BCUT2D eigenvalue weighted by Crippen LogP contribution is 2.34. The van der Waals surface area contributed by atoms with Crippen molar-refractivity contribution in [1.29, 1.82) is 0 Å². The molecule has 6 nitrogen and oxygen atoms in total. The lowest BCUT2D eigenvalue weighted by Crippen LogP contribution is -2.24. The number of pyridine rings is 1. The first-order valence-corrected chi connectivity index (χ1v) is 6.31. The molecule has 0 amide bonds. The third-order valence-electron chi connectivity index (χ3n) is 1.97. The van der Waals surface area contributed by atoms with Gasteiger partial charge in [0.25, 0.3) is 6.43 Å². The molecule has 0 aliphatic heterocycles. The summed E-state index contributed by atoms with van der Waals surface area (Å²) in [6, 6.07) is 0.209. The van der Waals surface area contributed by atoms with Crippen LogP contribution in [0.15, 0.2) is 11.0 Å². The van der Waals surface area contributed by atoms with Crippen LogP contribution in [0.3, 0.4) is 0 Å². The van der Waals surface area contributed by atoms with E-state index in [1.54, 1.807) is 0 Å². The highest BCUT2D eigenvalue weighted by molar-refractivity contribution is 7.89. The van der Waals surface area contributed by atoms with Crippen LogP contribution in [-0.4, -0.2) is 19.8 Å². The number of rotatable bonds is 4. The summed E-state index contributed by atoms with van der Waals surface area (Å²) >= 11 is 0. The molecule has 0 saturated carbocycles. The van der Waals surface area contributed by atoms with Gasteiger partial charge in [-0.25, -0.2) is 27.3 Å². The molecule has 0 unspecified atom stereocenters. The first-order valence-electron chi connectivity index (χ1n) is 4.76. The van der Waals surface area contributed by atoms with Gasteiger partial charge in [0.2, 0.25) is 10.0 Å². The summed E-state index contributed by atoms with van der Waals surface area (Å²) in [6.07, 6.45) is -8.49. The smallest absolute Gasteiger partial charge is 0.402 e. The first kappa shape index (κ1) is 16.5. The summed E-state index contributed by atoms with van der Waals surface area (Å²) in [5.41, 5.74) is 3.18. The summed E-state index contributed by atoms with van der Waals surface area (Å²) in [6.45, 7) is -0.755. The van der Waals surface area contributed by atoms with Gasteiger partial charge >= 0.3 is 6.36 Å². The molecule has 20 heavy (non-hydrogen) atoms. The van der Waals surface area contributed by atoms with E-state index >= 15 is 0 Å². The Balaban J connectivity index is 3.61. The fourth-order valence-corrected chi connectivity index (χ4v) is 1.97. The molecule has 4 N–H and O–H groups in total. The van der Waals surface area contributed by atoms with Gasteiger partial charge in [-0.2, -0.15) is 0 Å². The Hall–Kier alpha value is -1.53. The van der Waals surface area contributed by atoms with Crippen molar-refractivity contribution >= 4 is 10.0 Å². The van der Waals surface area contributed by atoms with Crippen LogP contribution in [0.1, 0.15) is 17.8 Å². The molecule has 12 heteroatoms. The van der Waals surface area contributed by atoms with Gasteiger partial charge in [0, 0.05) is 6.54 Å². The highest BCUT2D eigenvalue weighted by Gasteiger charge is 2.36. The van der Waals surface area contributed by atoms with Gasteiger partial charge in [-0.05, 0) is 6.07 Å². The summed E-state index contributed by atoms with van der Waals surface area (Å²) in [5.74, 6) is -1.31. The summed E-state index contributed by atoms with van der Waals surface area (Å²) in [4.78, 5) is 1.87. The number of nitrogens with zero attached hydrogens (tertiary/aromatic N) is 1. The summed E-state index contributed by atoms with van der Waals surface area (Å²) in [5, 5.41) is 4.68. The zero-order valence-corrected chi connectivity index (χ0v) is 10.3. The predicted molar refractivity (Wildman–Crippen MR) is 55.1 cm³/mol. The second-order valence-electron chi connectivity index (χ2n) is 3.42. The van der Waals surface area contributed by atoms with Crippen LogP contribution >= 0.6 is 0 Å². The topological polar surface area (TPSA) is 108 Å². The Morgan fingerprint density at radius 2 is 1.90 bits per heavy atom. The van der Waals surface area contributed by atoms with E-state index in [1.165, 1.54) is 0 Å². The molecule has 0 atom stereocenters. The molecule has 1 aromatic rings. The average molecular weight is 321 g/mol. The first-order chi connectivity index (χ1) is 8.95. The van der Waals surface area contributed by atoms with Crippen LogP contribution < -0.4 is 15.6 Å². The van der Waals surface area contributed by atoms with Gasteiger partial charge in [0.15, 0.2) is 5.75 Å². The van der Waals surface area contributed by atoms with E-state index in [0.717, 1.165) is 0 Å². The minimum atomic E-state index is -5.27. The number of hydrogen-bond acceptors (Lipinski definition) is 5. The van der Waals surface area contributed by atoms with E-state index in [-0.39, 0.29) is 6.07 Å². The molecule has 0 saturated heterocycles. The normalized spacial score (nSPS) is 12.8. The average Bonchev–Trinajstić information content (AvgIpc) is 2.25. The molecule has 0 bridgehead atoms. The Morgan fingerprint density at radius 1 is 1.35 bits per heavy atom. The molecule has 1 heterocycles. The third kappa shape index (κ3) is 3.98. The SMILES string of the molecule is NCc1nc(C(F)F)cc(S(N)(=O)=O)c1OC(F)(F)F. The largest absolute Gasteiger partial charge is 0.573 e. The van der Waals surface area contributed by atoms with Gasteiger partial charge < -0.3 is 10.5 Å². The molecule has 1 rings (SSSR count). The van der Waals surface area contributed by atoms with Gasteiger partial charge in [-0.15, -0.1) is 13.2 Å². The Labute approximate surface area is 109 Å². The van der Waals surface area contributed by atoms with E-state index in [1.807, 2.05) is 0 Å². The van der Waals surface area contributed by atoms with Crippen molar-refractivity contribution in [3.8, 4) is 5.75 Å². The lowest BCUT2D eigenvalue weighted by Gasteiger charge is -2.16. The van der Waals surface area contributed by atoms with Crippen molar-refractivity contribution in [2.45, 2.75) is 24.2 Å². The lowest BCUT2D eigenvalue weighted by atomic mass is 10.2. The lowest BCUT2D eigenvalue weighted by molar-refractivity contribution is -0.276. The summed E-state index contributed by atoms with van der Waals surface area (Å²) < 4.78 is 87.5. The molecule has 0 aromatic carbocycles. The van der Waals surface area contributed by atoms with Crippen molar-refractivity contribution in [1.82, 2.24) is 4.98 Å². The van der Waals surface area contributed by atoms with Crippen molar-refractivity contribution in [2.24, 2.45) is 10.9 Å². The quantitative estimate of drug-likeness (QED) is 0.805. The number of hydrogen-bond donors (Lipinski definition) is 2. The van der Waals surface area contributed by atoms with Crippen molar-refractivity contribution in [3.63, 3.8) is 0 Å². The number of aromatic nitrogens is 1.